The maximum Gasteiger partial charge on any atom is 0.346 e. The highest BCUT2D eigenvalue weighted by atomic mass is 19.1. The van der Waals surface area contributed by atoms with Crippen molar-refractivity contribution in [2.24, 2.45) is 5.10 Å². The summed E-state index contributed by atoms with van der Waals surface area (Å²) >= 11 is 0. The van der Waals surface area contributed by atoms with E-state index in [0.717, 1.165) is 5.01 Å². The van der Waals surface area contributed by atoms with E-state index in [4.69, 9.17) is 0 Å². The maximum atomic E-state index is 12.9. The molecule has 1 N–H and O–H groups in total. The van der Waals surface area contributed by atoms with Crippen LogP contribution in [0.3, 0.4) is 0 Å². The van der Waals surface area contributed by atoms with Crippen LogP contribution in [0.25, 0.3) is 0 Å². The standard InChI is InChI=1S/C18H16FN3O2/c1-2-18(14-6-4-3-5-7-14)16(23)22(17(24)21-18)20-12-13-8-10-15(19)11-9-13/h3-12H,2H2,1H3,(H,21,24)/b20-12-/t18-/m0/s1. The van der Waals surface area contributed by atoms with Crippen LogP contribution in [-0.2, 0) is 10.3 Å². The number of benzene rings is 2. The Morgan fingerprint density at radius 2 is 1.79 bits per heavy atom. The third kappa shape index (κ3) is 2.67. The minimum atomic E-state index is -1.11. The molecule has 5 nitrogen and oxygen atoms in total. The molecule has 0 aromatic heterocycles. The van der Waals surface area contributed by atoms with Crippen LogP contribution in [0.15, 0.2) is 59.7 Å². The van der Waals surface area contributed by atoms with Gasteiger partial charge in [0, 0.05) is 0 Å². The molecule has 0 aliphatic carbocycles. The number of nitrogens with one attached hydrogen (secondary N) is 1. The van der Waals surface area contributed by atoms with Crippen molar-refractivity contribution in [3.8, 4) is 0 Å². The van der Waals surface area contributed by atoms with Crippen molar-refractivity contribution in [2.75, 3.05) is 0 Å². The Morgan fingerprint density at radius 3 is 2.42 bits per heavy atom. The van der Waals surface area contributed by atoms with Crippen LogP contribution in [0.1, 0.15) is 24.5 Å². The van der Waals surface area contributed by atoms with Gasteiger partial charge in [-0.15, -0.1) is 5.01 Å². The molecule has 24 heavy (non-hydrogen) atoms. The van der Waals surface area contributed by atoms with Crippen LogP contribution < -0.4 is 5.32 Å². The van der Waals surface area contributed by atoms with Gasteiger partial charge in [-0.1, -0.05) is 49.4 Å². The lowest BCUT2D eigenvalue weighted by Gasteiger charge is -2.24. The molecular weight excluding hydrogens is 309 g/mol. The highest BCUT2D eigenvalue weighted by molar-refractivity contribution is 6.07. The van der Waals surface area contributed by atoms with Gasteiger partial charge >= 0.3 is 6.03 Å². The summed E-state index contributed by atoms with van der Waals surface area (Å²) in [4.78, 5) is 25.0. The first-order valence-corrected chi connectivity index (χ1v) is 7.58. The fraction of sp³-hybridized carbons (Fsp3) is 0.167. The molecule has 0 unspecified atom stereocenters. The summed E-state index contributed by atoms with van der Waals surface area (Å²) < 4.78 is 12.9. The van der Waals surface area contributed by atoms with Gasteiger partial charge < -0.3 is 5.32 Å². The highest BCUT2D eigenvalue weighted by Crippen LogP contribution is 2.32. The average Bonchev–Trinajstić information content (AvgIpc) is 2.86. The van der Waals surface area contributed by atoms with Crippen LogP contribution in [0.5, 0.6) is 0 Å². The normalized spacial score (nSPS) is 20.7. The molecule has 0 saturated carbocycles. The van der Waals surface area contributed by atoms with Gasteiger partial charge in [-0.25, -0.2) is 9.18 Å². The largest absolute Gasteiger partial charge is 0.346 e. The monoisotopic (exact) mass is 325 g/mol. The Hall–Kier alpha value is -3.02. The van der Waals surface area contributed by atoms with E-state index >= 15 is 0 Å². The second-order valence-electron chi connectivity index (χ2n) is 5.47. The number of carbonyl (C=O) groups excluding carboxylic acids is 2. The Morgan fingerprint density at radius 1 is 1.12 bits per heavy atom. The van der Waals surface area contributed by atoms with E-state index in [1.807, 2.05) is 25.1 Å². The van der Waals surface area contributed by atoms with Crippen molar-refractivity contribution in [3.63, 3.8) is 0 Å². The van der Waals surface area contributed by atoms with Gasteiger partial charge in [0.1, 0.15) is 11.4 Å². The molecule has 0 radical (unpaired) electrons. The number of carbonyl (C=O) groups is 2. The summed E-state index contributed by atoms with van der Waals surface area (Å²) in [5.41, 5.74) is 0.189. The predicted molar refractivity (Wildman–Crippen MR) is 87.8 cm³/mol. The number of halogens is 1. The van der Waals surface area contributed by atoms with Crippen molar-refractivity contribution in [3.05, 3.63) is 71.5 Å². The number of amides is 3. The predicted octanol–water partition coefficient (Wildman–Crippen LogP) is 3.02. The van der Waals surface area contributed by atoms with Crippen molar-refractivity contribution in [1.82, 2.24) is 10.3 Å². The lowest BCUT2D eigenvalue weighted by atomic mass is 9.87. The Bertz CT molecular complexity index is 790. The van der Waals surface area contributed by atoms with Crippen LogP contribution >= 0.6 is 0 Å². The SMILES string of the molecule is CC[C@@]1(c2ccccc2)NC(=O)N(/N=C\c2ccc(F)cc2)C1=O. The van der Waals surface area contributed by atoms with Crippen LogP contribution in [0, 0.1) is 5.82 Å². The van der Waals surface area contributed by atoms with Gasteiger partial charge in [-0.2, -0.15) is 5.10 Å². The molecule has 2 aromatic carbocycles. The summed E-state index contributed by atoms with van der Waals surface area (Å²) in [6.45, 7) is 1.83. The molecule has 1 aliphatic heterocycles. The fourth-order valence-corrected chi connectivity index (χ4v) is 2.70. The number of nitrogens with zero attached hydrogens (tertiary/aromatic N) is 2. The third-order valence-corrected chi connectivity index (χ3v) is 4.06. The Kier molecular flexibility index (Phi) is 4.12. The number of hydrazone groups is 1. The summed E-state index contributed by atoms with van der Waals surface area (Å²) in [5.74, 6) is -0.796. The van der Waals surface area contributed by atoms with Crippen LogP contribution in [0.2, 0.25) is 0 Å². The van der Waals surface area contributed by atoms with Gasteiger partial charge in [0.2, 0.25) is 0 Å². The minimum Gasteiger partial charge on any atom is -0.318 e. The Balaban J connectivity index is 1.90. The highest BCUT2D eigenvalue weighted by Gasteiger charge is 2.51. The second kappa shape index (κ2) is 6.23. The summed E-state index contributed by atoms with van der Waals surface area (Å²) in [5, 5.41) is 7.54. The zero-order chi connectivity index (χ0) is 17.2. The molecule has 6 heteroatoms. The van der Waals surface area contributed by atoms with E-state index in [9.17, 15) is 14.0 Å². The van der Waals surface area contributed by atoms with E-state index in [1.54, 1.807) is 12.1 Å². The first-order chi connectivity index (χ1) is 11.6. The number of urea groups is 1. The van der Waals surface area contributed by atoms with E-state index in [0.29, 0.717) is 17.5 Å². The molecule has 1 heterocycles. The molecule has 0 bridgehead atoms. The average molecular weight is 325 g/mol. The van der Waals surface area contributed by atoms with E-state index in [-0.39, 0.29) is 5.82 Å². The third-order valence-electron chi connectivity index (χ3n) is 4.06. The maximum absolute atomic E-state index is 12.9. The van der Waals surface area contributed by atoms with Gasteiger partial charge in [-0.3, -0.25) is 4.79 Å². The molecule has 122 valence electrons. The second-order valence-corrected chi connectivity index (χ2v) is 5.47. The quantitative estimate of drug-likeness (QED) is 0.694. The van der Waals surface area contributed by atoms with Crippen LogP contribution in [-0.4, -0.2) is 23.2 Å². The summed E-state index contributed by atoms with van der Waals surface area (Å²) in [7, 11) is 0. The van der Waals surface area contributed by atoms with Gasteiger partial charge in [-0.05, 0) is 29.7 Å². The van der Waals surface area contributed by atoms with E-state index < -0.39 is 17.5 Å². The molecule has 2 aromatic rings. The van der Waals surface area contributed by atoms with Crippen LogP contribution in [0.4, 0.5) is 9.18 Å². The van der Waals surface area contributed by atoms with Gasteiger partial charge in [0.25, 0.3) is 5.91 Å². The molecule has 1 saturated heterocycles. The molecular formula is C18H16FN3O2. The molecule has 3 rings (SSSR count). The molecule has 1 atom stereocenters. The van der Waals surface area contributed by atoms with E-state index in [2.05, 4.69) is 10.4 Å². The van der Waals surface area contributed by atoms with E-state index in [1.165, 1.54) is 30.5 Å². The number of rotatable bonds is 4. The summed E-state index contributed by atoms with van der Waals surface area (Å²) in [6, 6.07) is 14.1. The minimum absolute atomic E-state index is 0.365. The van der Waals surface area contributed by atoms with Crippen molar-refractivity contribution in [1.29, 1.82) is 0 Å². The lowest BCUT2D eigenvalue weighted by Crippen LogP contribution is -2.43. The van der Waals surface area contributed by atoms with Crippen molar-refractivity contribution >= 4 is 18.2 Å². The first kappa shape index (κ1) is 15.9. The molecule has 0 spiro atoms. The Labute approximate surface area is 138 Å². The smallest absolute Gasteiger partial charge is 0.318 e. The zero-order valence-electron chi connectivity index (χ0n) is 13.1. The molecule has 1 aliphatic rings. The zero-order valence-corrected chi connectivity index (χ0v) is 13.1. The van der Waals surface area contributed by atoms with Crippen molar-refractivity contribution in [2.45, 2.75) is 18.9 Å². The van der Waals surface area contributed by atoms with Crippen molar-refractivity contribution < 1.29 is 14.0 Å². The topological polar surface area (TPSA) is 61.8 Å². The van der Waals surface area contributed by atoms with Gasteiger partial charge in [0.15, 0.2) is 0 Å². The summed E-state index contributed by atoms with van der Waals surface area (Å²) in [6.07, 6.45) is 1.76. The molecule has 1 fully saturated rings. The first-order valence-electron chi connectivity index (χ1n) is 7.58. The number of imide groups is 1. The fourth-order valence-electron chi connectivity index (χ4n) is 2.70. The van der Waals surface area contributed by atoms with Gasteiger partial charge in [0.05, 0.1) is 6.21 Å². The molecule has 3 amide bonds. The number of hydrogen-bond donors (Lipinski definition) is 1. The lowest BCUT2D eigenvalue weighted by molar-refractivity contribution is -0.131. The number of hydrogen-bond acceptors (Lipinski definition) is 3.